The molecule has 22 heavy (non-hydrogen) atoms. The van der Waals surface area contributed by atoms with Gasteiger partial charge in [-0.2, -0.15) is 0 Å². The van der Waals surface area contributed by atoms with Crippen LogP contribution in [0.5, 0.6) is 0 Å². The van der Waals surface area contributed by atoms with Crippen molar-refractivity contribution in [3.8, 4) is 0 Å². The molecular weight excluding hydrogens is 280 g/mol. The lowest BCUT2D eigenvalue weighted by Crippen LogP contribution is -2.23. The maximum Gasteiger partial charge on any atom is 0.338 e. The molecule has 0 spiro atoms. The zero-order valence-corrected chi connectivity index (χ0v) is 12.2. The highest BCUT2D eigenvalue weighted by Gasteiger charge is 2.28. The van der Waals surface area contributed by atoms with Crippen LogP contribution in [0.1, 0.15) is 33.2 Å². The third-order valence-electron chi connectivity index (χ3n) is 3.62. The minimum absolute atomic E-state index is 0.0566. The van der Waals surface area contributed by atoms with E-state index in [1.165, 1.54) is 0 Å². The SMILES string of the molecule is CCOC(=O)c1ccc(N2Cc3cc(N)ccc3C2=O)cc1. The molecule has 2 N–H and O–H groups in total. The first kappa shape index (κ1) is 14.1. The van der Waals surface area contributed by atoms with Gasteiger partial charge >= 0.3 is 5.97 Å². The number of carbonyl (C=O) groups is 2. The summed E-state index contributed by atoms with van der Waals surface area (Å²) in [6.07, 6.45) is 0. The number of ether oxygens (including phenoxy) is 1. The van der Waals surface area contributed by atoms with Crippen molar-refractivity contribution in [1.82, 2.24) is 0 Å². The Hall–Kier alpha value is -2.82. The van der Waals surface area contributed by atoms with Gasteiger partial charge in [0.2, 0.25) is 0 Å². The molecule has 0 bridgehead atoms. The van der Waals surface area contributed by atoms with E-state index >= 15 is 0 Å². The molecule has 0 saturated heterocycles. The Kier molecular flexibility index (Phi) is 3.55. The summed E-state index contributed by atoms with van der Waals surface area (Å²) in [5.41, 5.74) is 9.21. The van der Waals surface area contributed by atoms with E-state index in [0.29, 0.717) is 30.0 Å². The zero-order valence-electron chi connectivity index (χ0n) is 12.2. The monoisotopic (exact) mass is 296 g/mol. The Labute approximate surface area is 128 Å². The number of nitrogen functional groups attached to an aromatic ring is 1. The van der Waals surface area contributed by atoms with Crippen LogP contribution in [0, 0.1) is 0 Å². The standard InChI is InChI=1S/C17H16N2O3/c1-2-22-17(21)11-3-6-14(7-4-11)19-10-12-9-13(18)5-8-15(12)16(19)20/h3-9H,2,10,18H2,1H3. The summed E-state index contributed by atoms with van der Waals surface area (Å²) in [7, 11) is 0. The van der Waals surface area contributed by atoms with E-state index in [2.05, 4.69) is 0 Å². The molecule has 1 aliphatic rings. The Balaban J connectivity index is 1.84. The second-order valence-corrected chi connectivity index (χ2v) is 5.08. The topological polar surface area (TPSA) is 72.6 Å². The van der Waals surface area contributed by atoms with Crippen molar-refractivity contribution in [2.75, 3.05) is 17.2 Å². The lowest BCUT2D eigenvalue weighted by Gasteiger charge is -2.16. The van der Waals surface area contributed by atoms with Crippen LogP contribution in [0.25, 0.3) is 0 Å². The fourth-order valence-corrected chi connectivity index (χ4v) is 2.54. The van der Waals surface area contributed by atoms with Crippen LogP contribution in [-0.4, -0.2) is 18.5 Å². The Morgan fingerprint density at radius 3 is 2.64 bits per heavy atom. The van der Waals surface area contributed by atoms with Crippen molar-refractivity contribution in [3.63, 3.8) is 0 Å². The number of carbonyl (C=O) groups excluding carboxylic acids is 2. The molecule has 1 aliphatic heterocycles. The first-order valence-corrected chi connectivity index (χ1v) is 7.07. The number of amides is 1. The van der Waals surface area contributed by atoms with Crippen molar-refractivity contribution in [2.45, 2.75) is 13.5 Å². The largest absolute Gasteiger partial charge is 0.462 e. The lowest BCUT2D eigenvalue weighted by molar-refractivity contribution is 0.0526. The van der Waals surface area contributed by atoms with E-state index < -0.39 is 0 Å². The molecule has 0 fully saturated rings. The van der Waals surface area contributed by atoms with Crippen LogP contribution in [0.3, 0.4) is 0 Å². The van der Waals surface area contributed by atoms with Gasteiger partial charge < -0.3 is 15.4 Å². The van der Waals surface area contributed by atoms with E-state index in [1.807, 2.05) is 6.07 Å². The summed E-state index contributed by atoms with van der Waals surface area (Å²) in [6, 6.07) is 12.1. The molecule has 0 unspecified atom stereocenters. The Morgan fingerprint density at radius 1 is 1.23 bits per heavy atom. The number of benzene rings is 2. The minimum Gasteiger partial charge on any atom is -0.462 e. The van der Waals surface area contributed by atoms with Gasteiger partial charge in [0.05, 0.1) is 18.7 Å². The van der Waals surface area contributed by atoms with E-state index in [4.69, 9.17) is 10.5 Å². The predicted molar refractivity (Wildman–Crippen MR) is 83.8 cm³/mol. The van der Waals surface area contributed by atoms with E-state index in [-0.39, 0.29) is 11.9 Å². The highest BCUT2D eigenvalue weighted by atomic mass is 16.5. The third-order valence-corrected chi connectivity index (χ3v) is 3.62. The van der Waals surface area contributed by atoms with Crippen molar-refractivity contribution < 1.29 is 14.3 Å². The molecule has 0 saturated carbocycles. The van der Waals surface area contributed by atoms with Crippen molar-refractivity contribution in [2.24, 2.45) is 0 Å². The molecule has 2 aromatic carbocycles. The molecule has 1 amide bonds. The first-order valence-electron chi connectivity index (χ1n) is 7.07. The van der Waals surface area contributed by atoms with Crippen LogP contribution < -0.4 is 10.6 Å². The number of nitrogens with two attached hydrogens (primary N) is 1. The average Bonchev–Trinajstić information content (AvgIpc) is 2.84. The molecule has 3 rings (SSSR count). The van der Waals surface area contributed by atoms with Gasteiger partial charge in [-0.3, -0.25) is 4.79 Å². The number of esters is 1. The Bertz CT molecular complexity index is 738. The highest BCUT2D eigenvalue weighted by molar-refractivity contribution is 6.10. The van der Waals surface area contributed by atoms with Crippen LogP contribution >= 0.6 is 0 Å². The first-order chi connectivity index (χ1) is 10.6. The quantitative estimate of drug-likeness (QED) is 0.698. The van der Waals surface area contributed by atoms with Gasteiger partial charge in [0, 0.05) is 16.9 Å². The van der Waals surface area contributed by atoms with Gasteiger partial charge in [0.1, 0.15) is 0 Å². The minimum atomic E-state index is -0.363. The smallest absolute Gasteiger partial charge is 0.338 e. The number of anilines is 2. The van der Waals surface area contributed by atoms with Crippen molar-refractivity contribution in [1.29, 1.82) is 0 Å². The molecular formula is C17H16N2O3. The maximum absolute atomic E-state index is 12.4. The average molecular weight is 296 g/mol. The summed E-state index contributed by atoms with van der Waals surface area (Å²) >= 11 is 0. The molecule has 5 nitrogen and oxygen atoms in total. The van der Waals surface area contributed by atoms with Crippen LogP contribution in [0.2, 0.25) is 0 Å². The van der Waals surface area contributed by atoms with Gasteiger partial charge in [-0.25, -0.2) is 4.79 Å². The number of hydrogen-bond donors (Lipinski definition) is 1. The third kappa shape index (κ3) is 2.41. The molecule has 112 valence electrons. The molecule has 0 radical (unpaired) electrons. The lowest BCUT2D eigenvalue weighted by atomic mass is 10.1. The molecule has 1 heterocycles. The number of hydrogen-bond acceptors (Lipinski definition) is 4. The molecule has 5 heteroatoms. The van der Waals surface area contributed by atoms with E-state index in [0.717, 1.165) is 11.3 Å². The van der Waals surface area contributed by atoms with Gasteiger partial charge in [-0.1, -0.05) is 0 Å². The van der Waals surface area contributed by atoms with Gasteiger partial charge in [0.25, 0.3) is 5.91 Å². The summed E-state index contributed by atoms with van der Waals surface area (Å²) in [6.45, 7) is 2.58. The molecule has 0 atom stereocenters. The normalized spacial score (nSPS) is 13.1. The van der Waals surface area contributed by atoms with Crippen LogP contribution in [0.15, 0.2) is 42.5 Å². The zero-order chi connectivity index (χ0) is 15.7. The summed E-state index contributed by atoms with van der Waals surface area (Å²) in [4.78, 5) is 25.7. The molecule has 2 aromatic rings. The highest BCUT2D eigenvalue weighted by Crippen LogP contribution is 2.29. The van der Waals surface area contributed by atoms with Gasteiger partial charge in [0.15, 0.2) is 0 Å². The van der Waals surface area contributed by atoms with E-state index in [1.54, 1.807) is 48.2 Å². The number of rotatable bonds is 3. The molecule has 0 aliphatic carbocycles. The summed E-state index contributed by atoms with van der Waals surface area (Å²) in [5, 5.41) is 0. The fraction of sp³-hybridized carbons (Fsp3) is 0.176. The second-order valence-electron chi connectivity index (χ2n) is 5.08. The summed E-state index contributed by atoms with van der Waals surface area (Å²) < 4.78 is 4.94. The second kappa shape index (κ2) is 5.52. The Morgan fingerprint density at radius 2 is 1.95 bits per heavy atom. The number of nitrogens with zero attached hydrogens (tertiary/aromatic N) is 1. The predicted octanol–water partition coefficient (Wildman–Crippen LogP) is 2.61. The van der Waals surface area contributed by atoms with Crippen molar-refractivity contribution >= 4 is 23.3 Å². The van der Waals surface area contributed by atoms with Crippen LogP contribution in [0.4, 0.5) is 11.4 Å². The fourth-order valence-electron chi connectivity index (χ4n) is 2.54. The summed E-state index contributed by atoms with van der Waals surface area (Å²) in [5.74, 6) is -0.420. The maximum atomic E-state index is 12.4. The van der Waals surface area contributed by atoms with E-state index in [9.17, 15) is 9.59 Å². The number of fused-ring (bicyclic) bond motifs is 1. The van der Waals surface area contributed by atoms with Gasteiger partial charge in [-0.05, 0) is 55.0 Å². The van der Waals surface area contributed by atoms with Gasteiger partial charge in [-0.15, -0.1) is 0 Å². The van der Waals surface area contributed by atoms with Crippen molar-refractivity contribution in [3.05, 3.63) is 59.2 Å². The molecule has 0 aromatic heterocycles. The van der Waals surface area contributed by atoms with Crippen LogP contribution in [-0.2, 0) is 11.3 Å².